The molecule has 1 aromatic heterocycles. The van der Waals surface area contributed by atoms with Crippen LogP contribution < -0.4 is 11.1 Å². The van der Waals surface area contributed by atoms with Crippen molar-refractivity contribution in [2.45, 2.75) is 26.8 Å². The molecule has 4 nitrogen and oxygen atoms in total. The lowest BCUT2D eigenvalue weighted by Crippen LogP contribution is -2.24. The van der Waals surface area contributed by atoms with E-state index in [1.165, 1.54) is 6.26 Å². The molecule has 0 fully saturated rings. The topological polar surface area (TPSA) is 68.3 Å². The smallest absolute Gasteiger partial charge is 0.254 e. The van der Waals surface area contributed by atoms with E-state index in [1.807, 2.05) is 0 Å². The highest BCUT2D eigenvalue weighted by atomic mass is 16.3. The third-order valence-electron chi connectivity index (χ3n) is 2.12. The van der Waals surface area contributed by atoms with Gasteiger partial charge in [0, 0.05) is 6.54 Å². The SMILES string of the molecule is CC(C)CCNC(=O)c1coc(CN)c1. The van der Waals surface area contributed by atoms with E-state index in [0.717, 1.165) is 6.42 Å². The van der Waals surface area contributed by atoms with Gasteiger partial charge in [-0.3, -0.25) is 4.79 Å². The van der Waals surface area contributed by atoms with Crippen molar-refractivity contribution in [2.75, 3.05) is 6.54 Å². The van der Waals surface area contributed by atoms with E-state index in [2.05, 4.69) is 19.2 Å². The second-order valence-electron chi connectivity index (χ2n) is 3.94. The number of nitrogens with one attached hydrogen (secondary N) is 1. The van der Waals surface area contributed by atoms with E-state index in [4.69, 9.17) is 10.2 Å². The second kappa shape index (κ2) is 5.56. The zero-order valence-corrected chi connectivity index (χ0v) is 9.25. The van der Waals surface area contributed by atoms with Crippen LogP contribution in [-0.2, 0) is 6.54 Å². The van der Waals surface area contributed by atoms with Gasteiger partial charge in [0.15, 0.2) is 0 Å². The molecule has 1 heterocycles. The van der Waals surface area contributed by atoms with Crippen LogP contribution in [0, 0.1) is 5.92 Å². The number of furan rings is 1. The normalized spacial score (nSPS) is 10.7. The van der Waals surface area contributed by atoms with Crippen molar-refractivity contribution >= 4 is 5.91 Å². The predicted octanol–water partition coefficient (Wildman–Crippen LogP) is 1.51. The first kappa shape index (κ1) is 11.8. The first-order chi connectivity index (χ1) is 7.13. The van der Waals surface area contributed by atoms with E-state index >= 15 is 0 Å². The highest BCUT2D eigenvalue weighted by Crippen LogP contribution is 2.06. The van der Waals surface area contributed by atoms with Gasteiger partial charge < -0.3 is 15.5 Å². The van der Waals surface area contributed by atoms with Gasteiger partial charge in [0.25, 0.3) is 5.91 Å². The molecule has 15 heavy (non-hydrogen) atoms. The first-order valence-electron chi connectivity index (χ1n) is 5.19. The lowest BCUT2D eigenvalue weighted by atomic mass is 10.1. The summed E-state index contributed by atoms with van der Waals surface area (Å²) >= 11 is 0. The number of hydrogen-bond acceptors (Lipinski definition) is 3. The first-order valence-corrected chi connectivity index (χ1v) is 5.19. The zero-order valence-electron chi connectivity index (χ0n) is 9.25. The summed E-state index contributed by atoms with van der Waals surface area (Å²) in [6, 6.07) is 1.67. The van der Waals surface area contributed by atoms with Crippen LogP contribution in [0.4, 0.5) is 0 Å². The molecule has 0 aromatic carbocycles. The Hall–Kier alpha value is -1.29. The molecule has 0 bridgehead atoms. The summed E-state index contributed by atoms with van der Waals surface area (Å²) in [6.07, 6.45) is 2.42. The second-order valence-corrected chi connectivity index (χ2v) is 3.94. The monoisotopic (exact) mass is 210 g/mol. The van der Waals surface area contributed by atoms with Gasteiger partial charge in [-0.05, 0) is 18.4 Å². The average Bonchev–Trinajstić information content (AvgIpc) is 2.65. The number of carbonyl (C=O) groups is 1. The summed E-state index contributed by atoms with van der Waals surface area (Å²) in [5, 5.41) is 2.83. The van der Waals surface area contributed by atoms with E-state index in [0.29, 0.717) is 30.3 Å². The third-order valence-corrected chi connectivity index (χ3v) is 2.12. The van der Waals surface area contributed by atoms with Crippen LogP contribution in [0.3, 0.4) is 0 Å². The maximum Gasteiger partial charge on any atom is 0.254 e. The Kier molecular flexibility index (Phi) is 4.37. The summed E-state index contributed by atoms with van der Waals surface area (Å²) in [4.78, 5) is 11.5. The van der Waals surface area contributed by atoms with Gasteiger partial charge in [-0.15, -0.1) is 0 Å². The van der Waals surface area contributed by atoms with Gasteiger partial charge in [-0.1, -0.05) is 13.8 Å². The highest BCUT2D eigenvalue weighted by molar-refractivity contribution is 5.93. The molecule has 0 atom stereocenters. The van der Waals surface area contributed by atoms with Crippen LogP contribution in [0.15, 0.2) is 16.7 Å². The molecule has 84 valence electrons. The maximum absolute atomic E-state index is 11.5. The average molecular weight is 210 g/mol. The van der Waals surface area contributed by atoms with E-state index in [9.17, 15) is 4.79 Å². The van der Waals surface area contributed by atoms with Crippen molar-refractivity contribution in [3.63, 3.8) is 0 Å². The minimum atomic E-state index is -0.0981. The van der Waals surface area contributed by atoms with Crippen LogP contribution in [0.5, 0.6) is 0 Å². The Morgan fingerprint density at radius 2 is 2.33 bits per heavy atom. The molecule has 1 rings (SSSR count). The van der Waals surface area contributed by atoms with E-state index in [-0.39, 0.29) is 5.91 Å². The summed E-state index contributed by atoms with van der Waals surface area (Å²) in [5.74, 6) is 1.12. The summed E-state index contributed by atoms with van der Waals surface area (Å²) < 4.78 is 5.08. The molecule has 0 radical (unpaired) electrons. The fourth-order valence-electron chi connectivity index (χ4n) is 1.18. The van der Waals surface area contributed by atoms with Crippen molar-refractivity contribution in [1.82, 2.24) is 5.32 Å². The van der Waals surface area contributed by atoms with Crippen molar-refractivity contribution in [3.05, 3.63) is 23.7 Å². The van der Waals surface area contributed by atoms with Gasteiger partial charge >= 0.3 is 0 Å². The summed E-state index contributed by atoms with van der Waals surface area (Å²) in [5.41, 5.74) is 5.92. The molecule has 0 aliphatic carbocycles. The Labute approximate surface area is 89.8 Å². The predicted molar refractivity (Wildman–Crippen MR) is 58.4 cm³/mol. The molecule has 0 saturated carbocycles. The lowest BCUT2D eigenvalue weighted by Gasteiger charge is -2.05. The Balaban J connectivity index is 2.40. The van der Waals surface area contributed by atoms with Gasteiger partial charge in [0.1, 0.15) is 12.0 Å². The van der Waals surface area contributed by atoms with Gasteiger partial charge in [0.2, 0.25) is 0 Å². The van der Waals surface area contributed by atoms with E-state index in [1.54, 1.807) is 6.07 Å². The third kappa shape index (κ3) is 3.75. The Morgan fingerprint density at radius 3 is 2.87 bits per heavy atom. The maximum atomic E-state index is 11.5. The fraction of sp³-hybridized carbons (Fsp3) is 0.545. The van der Waals surface area contributed by atoms with E-state index < -0.39 is 0 Å². The van der Waals surface area contributed by atoms with Crippen LogP contribution in [0.1, 0.15) is 36.4 Å². The summed E-state index contributed by atoms with van der Waals surface area (Å²) in [6.45, 7) is 5.26. The molecule has 0 aliphatic rings. The van der Waals surface area contributed by atoms with Crippen molar-refractivity contribution in [2.24, 2.45) is 11.7 Å². The molecule has 0 spiro atoms. The molecule has 4 heteroatoms. The number of nitrogens with two attached hydrogens (primary N) is 1. The number of hydrogen-bond donors (Lipinski definition) is 2. The molecule has 0 saturated heterocycles. The number of carbonyl (C=O) groups excluding carboxylic acids is 1. The number of rotatable bonds is 5. The highest BCUT2D eigenvalue weighted by Gasteiger charge is 2.08. The van der Waals surface area contributed by atoms with Crippen LogP contribution >= 0.6 is 0 Å². The van der Waals surface area contributed by atoms with Crippen molar-refractivity contribution in [3.8, 4) is 0 Å². The minimum absolute atomic E-state index is 0.0981. The van der Waals surface area contributed by atoms with Gasteiger partial charge in [-0.25, -0.2) is 0 Å². The quantitative estimate of drug-likeness (QED) is 0.774. The molecular formula is C11H18N2O2. The Bertz CT molecular complexity index is 318. The summed E-state index contributed by atoms with van der Waals surface area (Å²) in [7, 11) is 0. The molecule has 3 N–H and O–H groups in total. The standard InChI is InChI=1S/C11H18N2O2/c1-8(2)3-4-13-11(14)9-5-10(6-12)15-7-9/h5,7-8H,3-4,6,12H2,1-2H3,(H,13,14). The lowest BCUT2D eigenvalue weighted by molar-refractivity contribution is 0.0951. The van der Waals surface area contributed by atoms with Crippen molar-refractivity contribution in [1.29, 1.82) is 0 Å². The molecule has 0 aliphatic heterocycles. The van der Waals surface area contributed by atoms with Gasteiger partial charge in [-0.2, -0.15) is 0 Å². The molecule has 1 amide bonds. The Morgan fingerprint density at radius 1 is 1.60 bits per heavy atom. The van der Waals surface area contributed by atoms with Crippen LogP contribution in [-0.4, -0.2) is 12.5 Å². The van der Waals surface area contributed by atoms with Crippen LogP contribution in [0.2, 0.25) is 0 Å². The van der Waals surface area contributed by atoms with Crippen molar-refractivity contribution < 1.29 is 9.21 Å². The number of amides is 1. The molecule has 1 aromatic rings. The van der Waals surface area contributed by atoms with Crippen LogP contribution in [0.25, 0.3) is 0 Å². The molecule has 0 unspecified atom stereocenters. The largest absolute Gasteiger partial charge is 0.467 e. The fourth-order valence-corrected chi connectivity index (χ4v) is 1.18. The molecular weight excluding hydrogens is 192 g/mol. The zero-order chi connectivity index (χ0) is 11.3. The minimum Gasteiger partial charge on any atom is -0.467 e. The van der Waals surface area contributed by atoms with Gasteiger partial charge in [0.05, 0.1) is 12.1 Å².